The molecule has 1 aromatic heterocycles. The third-order valence-corrected chi connectivity index (χ3v) is 3.90. The van der Waals surface area contributed by atoms with Gasteiger partial charge in [0.1, 0.15) is 0 Å². The normalized spacial score (nSPS) is 11.5. The summed E-state index contributed by atoms with van der Waals surface area (Å²) in [4.78, 5) is 0. The Morgan fingerprint density at radius 3 is 2.00 bits per heavy atom. The zero-order valence-electron chi connectivity index (χ0n) is 11.5. The van der Waals surface area contributed by atoms with E-state index in [1.54, 1.807) is 0 Å². The smallest absolute Gasteiger partial charge is 0.0682 e. The van der Waals surface area contributed by atoms with E-state index in [0.717, 1.165) is 18.5 Å². The number of aromatic nitrogens is 1. The Bertz CT molecular complexity index is 678. The van der Waals surface area contributed by atoms with Crippen molar-refractivity contribution in [1.29, 1.82) is 0 Å². The predicted molar refractivity (Wildman–Crippen MR) is 80.4 cm³/mol. The van der Waals surface area contributed by atoms with Crippen LogP contribution in [0.5, 0.6) is 0 Å². The standard InChI is InChI=1S/C17H19NO/c1-3-12-5-7-16-14(9-12)15-10-13(11-19)6-8-17(15)18(16)4-2/h5-10,19H,3-4,11H2,1-2H3. The molecule has 0 bridgehead atoms. The number of hydrogen-bond donors (Lipinski definition) is 1. The molecule has 0 radical (unpaired) electrons. The van der Waals surface area contributed by atoms with E-state index in [-0.39, 0.29) is 6.61 Å². The van der Waals surface area contributed by atoms with Crippen molar-refractivity contribution in [3.8, 4) is 0 Å². The second-order valence-electron chi connectivity index (χ2n) is 4.96. The number of hydrogen-bond acceptors (Lipinski definition) is 1. The van der Waals surface area contributed by atoms with Crippen LogP contribution in [0.1, 0.15) is 25.0 Å². The Labute approximate surface area is 113 Å². The van der Waals surface area contributed by atoms with Crippen molar-refractivity contribution in [2.45, 2.75) is 33.4 Å². The molecule has 98 valence electrons. The van der Waals surface area contributed by atoms with E-state index in [0.29, 0.717) is 0 Å². The van der Waals surface area contributed by atoms with Crippen LogP contribution in [0.3, 0.4) is 0 Å². The lowest BCUT2D eigenvalue weighted by Gasteiger charge is -2.03. The number of nitrogens with zero attached hydrogens (tertiary/aromatic N) is 1. The van der Waals surface area contributed by atoms with Crippen molar-refractivity contribution in [1.82, 2.24) is 4.57 Å². The van der Waals surface area contributed by atoms with E-state index < -0.39 is 0 Å². The van der Waals surface area contributed by atoms with E-state index in [9.17, 15) is 5.11 Å². The molecule has 2 heteroatoms. The van der Waals surface area contributed by atoms with Gasteiger partial charge in [-0.15, -0.1) is 0 Å². The minimum atomic E-state index is 0.0994. The maximum absolute atomic E-state index is 9.33. The van der Waals surface area contributed by atoms with Gasteiger partial charge < -0.3 is 9.67 Å². The summed E-state index contributed by atoms with van der Waals surface area (Å²) in [5.74, 6) is 0. The van der Waals surface area contributed by atoms with Crippen molar-refractivity contribution in [2.75, 3.05) is 0 Å². The molecule has 0 aliphatic carbocycles. The van der Waals surface area contributed by atoms with E-state index in [1.165, 1.54) is 27.4 Å². The van der Waals surface area contributed by atoms with Crippen LogP contribution in [0.2, 0.25) is 0 Å². The summed E-state index contributed by atoms with van der Waals surface area (Å²) in [5, 5.41) is 11.9. The third kappa shape index (κ3) is 1.83. The molecule has 2 nitrogen and oxygen atoms in total. The first-order valence-corrected chi connectivity index (χ1v) is 6.93. The Balaban J connectivity index is 2.44. The molecule has 1 heterocycles. The summed E-state index contributed by atoms with van der Waals surface area (Å²) < 4.78 is 2.34. The molecule has 0 fully saturated rings. The predicted octanol–water partition coefficient (Wildman–Crippen LogP) is 3.87. The lowest BCUT2D eigenvalue weighted by Crippen LogP contribution is -1.93. The van der Waals surface area contributed by atoms with Crippen LogP contribution in [0, 0.1) is 0 Å². The van der Waals surface area contributed by atoms with Crippen LogP contribution in [0.25, 0.3) is 21.8 Å². The fraction of sp³-hybridized carbons (Fsp3) is 0.294. The fourth-order valence-electron chi connectivity index (χ4n) is 2.86. The van der Waals surface area contributed by atoms with Gasteiger partial charge in [-0.25, -0.2) is 0 Å². The second-order valence-corrected chi connectivity index (χ2v) is 4.96. The van der Waals surface area contributed by atoms with Gasteiger partial charge in [0, 0.05) is 28.4 Å². The minimum Gasteiger partial charge on any atom is -0.392 e. The molecule has 0 atom stereocenters. The maximum atomic E-state index is 9.33. The molecular weight excluding hydrogens is 234 g/mol. The highest BCUT2D eigenvalue weighted by molar-refractivity contribution is 6.08. The molecular formula is C17H19NO. The number of aliphatic hydroxyl groups is 1. The van der Waals surface area contributed by atoms with Crippen LogP contribution < -0.4 is 0 Å². The van der Waals surface area contributed by atoms with Crippen LogP contribution in [0.15, 0.2) is 36.4 Å². The van der Waals surface area contributed by atoms with Gasteiger partial charge in [0.15, 0.2) is 0 Å². The first-order chi connectivity index (χ1) is 9.28. The molecule has 0 saturated heterocycles. The molecule has 0 unspecified atom stereocenters. The fourth-order valence-corrected chi connectivity index (χ4v) is 2.86. The van der Waals surface area contributed by atoms with Crippen molar-refractivity contribution in [3.63, 3.8) is 0 Å². The van der Waals surface area contributed by atoms with Gasteiger partial charge in [0.25, 0.3) is 0 Å². The zero-order chi connectivity index (χ0) is 13.4. The molecule has 0 aliphatic heterocycles. The molecule has 0 aliphatic rings. The lowest BCUT2D eigenvalue weighted by atomic mass is 10.1. The summed E-state index contributed by atoms with van der Waals surface area (Å²) >= 11 is 0. The summed E-state index contributed by atoms with van der Waals surface area (Å²) in [6, 6.07) is 13.0. The minimum absolute atomic E-state index is 0.0994. The quantitative estimate of drug-likeness (QED) is 0.753. The molecule has 19 heavy (non-hydrogen) atoms. The third-order valence-electron chi connectivity index (χ3n) is 3.90. The van der Waals surface area contributed by atoms with Gasteiger partial charge in [0.05, 0.1) is 6.61 Å². The molecule has 0 amide bonds. The number of aliphatic hydroxyl groups excluding tert-OH is 1. The van der Waals surface area contributed by atoms with Gasteiger partial charge in [-0.05, 0) is 48.7 Å². The van der Waals surface area contributed by atoms with E-state index in [4.69, 9.17) is 0 Å². The number of benzene rings is 2. The first kappa shape index (κ1) is 12.2. The largest absolute Gasteiger partial charge is 0.392 e. The SMILES string of the molecule is CCc1ccc2c(c1)c1cc(CO)ccc1n2CC. The summed E-state index contributed by atoms with van der Waals surface area (Å²) in [5.41, 5.74) is 4.87. The highest BCUT2D eigenvalue weighted by atomic mass is 16.3. The second kappa shape index (κ2) is 4.71. The summed E-state index contributed by atoms with van der Waals surface area (Å²) in [6.07, 6.45) is 1.05. The lowest BCUT2D eigenvalue weighted by molar-refractivity contribution is 0.282. The van der Waals surface area contributed by atoms with Crippen molar-refractivity contribution in [2.24, 2.45) is 0 Å². The summed E-state index contributed by atoms with van der Waals surface area (Å²) in [7, 11) is 0. The van der Waals surface area contributed by atoms with Crippen molar-refractivity contribution in [3.05, 3.63) is 47.5 Å². The highest BCUT2D eigenvalue weighted by Gasteiger charge is 2.10. The van der Waals surface area contributed by atoms with Crippen LogP contribution in [-0.4, -0.2) is 9.67 Å². The van der Waals surface area contributed by atoms with Crippen molar-refractivity contribution >= 4 is 21.8 Å². The van der Waals surface area contributed by atoms with Crippen LogP contribution in [0.4, 0.5) is 0 Å². The number of rotatable bonds is 3. The molecule has 0 saturated carbocycles. The maximum Gasteiger partial charge on any atom is 0.0682 e. The van der Waals surface area contributed by atoms with E-state index >= 15 is 0 Å². The molecule has 1 N–H and O–H groups in total. The molecule has 0 spiro atoms. The number of fused-ring (bicyclic) bond motifs is 3. The Morgan fingerprint density at radius 2 is 1.47 bits per heavy atom. The Hall–Kier alpha value is -1.80. The van der Waals surface area contributed by atoms with Crippen LogP contribution in [-0.2, 0) is 19.6 Å². The first-order valence-electron chi connectivity index (χ1n) is 6.93. The number of aryl methyl sites for hydroxylation is 2. The van der Waals surface area contributed by atoms with Gasteiger partial charge in [-0.1, -0.05) is 19.1 Å². The van der Waals surface area contributed by atoms with Crippen LogP contribution >= 0.6 is 0 Å². The molecule has 3 aromatic rings. The zero-order valence-corrected chi connectivity index (χ0v) is 11.5. The van der Waals surface area contributed by atoms with E-state index in [1.807, 2.05) is 6.07 Å². The monoisotopic (exact) mass is 253 g/mol. The Morgan fingerprint density at radius 1 is 0.895 bits per heavy atom. The van der Waals surface area contributed by atoms with Gasteiger partial charge >= 0.3 is 0 Å². The van der Waals surface area contributed by atoms with Crippen molar-refractivity contribution < 1.29 is 5.11 Å². The van der Waals surface area contributed by atoms with Gasteiger partial charge in [-0.3, -0.25) is 0 Å². The van der Waals surface area contributed by atoms with Gasteiger partial charge in [0.2, 0.25) is 0 Å². The Kier molecular flexibility index (Phi) is 3.03. The van der Waals surface area contributed by atoms with Gasteiger partial charge in [-0.2, -0.15) is 0 Å². The average molecular weight is 253 g/mol. The molecule has 3 rings (SSSR count). The highest BCUT2D eigenvalue weighted by Crippen LogP contribution is 2.30. The van der Waals surface area contributed by atoms with E-state index in [2.05, 4.69) is 48.7 Å². The summed E-state index contributed by atoms with van der Waals surface area (Å²) in [6.45, 7) is 5.41. The molecule has 2 aromatic carbocycles. The average Bonchev–Trinajstić information content (AvgIpc) is 2.79. The topological polar surface area (TPSA) is 25.2 Å².